The molecule has 102 valence electrons. The van der Waals surface area contributed by atoms with Crippen molar-refractivity contribution in [3.63, 3.8) is 0 Å². The van der Waals surface area contributed by atoms with Gasteiger partial charge >= 0.3 is 0 Å². The summed E-state index contributed by atoms with van der Waals surface area (Å²) in [5.41, 5.74) is 5.15. The van der Waals surface area contributed by atoms with Crippen molar-refractivity contribution in [3.05, 3.63) is 17.8 Å². The Labute approximate surface area is 110 Å². The zero-order chi connectivity index (χ0) is 13.7. The third-order valence-electron chi connectivity index (χ3n) is 2.81. The van der Waals surface area contributed by atoms with Crippen LogP contribution >= 0.6 is 0 Å². The number of primary amides is 1. The van der Waals surface area contributed by atoms with E-state index < -0.39 is 5.91 Å². The molecule has 8 nitrogen and oxygen atoms in total. The van der Waals surface area contributed by atoms with E-state index in [-0.39, 0.29) is 18.1 Å². The Hall–Kier alpha value is -2.22. The van der Waals surface area contributed by atoms with Crippen molar-refractivity contribution in [2.24, 2.45) is 5.73 Å². The maximum absolute atomic E-state index is 11.9. The minimum Gasteiger partial charge on any atom is -0.364 e. The molecule has 1 aliphatic heterocycles. The van der Waals surface area contributed by atoms with Gasteiger partial charge in [-0.25, -0.2) is 0 Å². The molecule has 0 spiro atoms. The van der Waals surface area contributed by atoms with Crippen LogP contribution in [0.4, 0.5) is 5.82 Å². The molecule has 0 aromatic carbocycles. The van der Waals surface area contributed by atoms with Crippen LogP contribution in [0.1, 0.15) is 10.5 Å². The van der Waals surface area contributed by atoms with Gasteiger partial charge in [0.1, 0.15) is 5.82 Å². The van der Waals surface area contributed by atoms with Crippen LogP contribution in [0, 0.1) is 0 Å². The van der Waals surface area contributed by atoms with Gasteiger partial charge in [0, 0.05) is 26.2 Å². The molecule has 0 aliphatic carbocycles. The van der Waals surface area contributed by atoms with Gasteiger partial charge in [0.05, 0.1) is 6.54 Å². The summed E-state index contributed by atoms with van der Waals surface area (Å²) in [6.45, 7) is 3.22. The molecule has 4 N–H and O–H groups in total. The fourth-order valence-electron chi connectivity index (χ4n) is 1.75. The quantitative estimate of drug-likeness (QED) is 0.605. The van der Waals surface area contributed by atoms with Gasteiger partial charge < -0.3 is 21.3 Å². The van der Waals surface area contributed by atoms with Gasteiger partial charge in [0.25, 0.3) is 5.91 Å². The van der Waals surface area contributed by atoms with E-state index in [0.29, 0.717) is 18.9 Å². The number of carbonyl (C=O) groups excluding carboxylic acids is 2. The molecule has 0 saturated carbocycles. The van der Waals surface area contributed by atoms with Crippen molar-refractivity contribution < 1.29 is 9.59 Å². The van der Waals surface area contributed by atoms with Crippen molar-refractivity contribution >= 4 is 17.6 Å². The number of amides is 2. The van der Waals surface area contributed by atoms with Gasteiger partial charge in [-0.15, -0.1) is 10.2 Å². The normalized spacial score (nSPS) is 15.1. The zero-order valence-corrected chi connectivity index (χ0v) is 10.4. The van der Waals surface area contributed by atoms with Gasteiger partial charge in [-0.1, -0.05) is 0 Å². The molecule has 0 atom stereocenters. The second kappa shape index (κ2) is 6.10. The molecule has 1 aromatic rings. The minimum atomic E-state index is -0.629. The first kappa shape index (κ1) is 13.2. The molecular formula is C11H16N6O2. The zero-order valence-electron chi connectivity index (χ0n) is 10.4. The maximum atomic E-state index is 11.9. The van der Waals surface area contributed by atoms with Gasteiger partial charge in [-0.3, -0.25) is 9.59 Å². The predicted molar refractivity (Wildman–Crippen MR) is 68.5 cm³/mol. The fraction of sp³-hybridized carbons (Fsp3) is 0.455. The number of nitrogens with zero attached hydrogens (tertiary/aromatic N) is 3. The third kappa shape index (κ3) is 3.62. The lowest BCUT2D eigenvalue weighted by Gasteiger charge is -2.27. The molecule has 0 bridgehead atoms. The number of nitrogens with one attached hydrogen (secondary N) is 2. The van der Waals surface area contributed by atoms with Gasteiger partial charge in [-0.2, -0.15) is 0 Å². The standard InChI is InChI=1S/C11H16N6O2/c12-11(19)8-1-2-9(16-15-8)14-7-10(18)17-5-3-13-4-6-17/h1-2,13H,3-7H2,(H2,12,19)(H,14,16). The number of rotatable bonds is 4. The van der Waals surface area contributed by atoms with E-state index in [1.807, 2.05) is 0 Å². The Morgan fingerprint density at radius 2 is 2.05 bits per heavy atom. The summed E-state index contributed by atoms with van der Waals surface area (Å²) in [4.78, 5) is 24.5. The highest BCUT2D eigenvalue weighted by molar-refractivity contribution is 5.90. The molecule has 2 amide bonds. The summed E-state index contributed by atoms with van der Waals surface area (Å²) in [6.07, 6.45) is 0. The van der Waals surface area contributed by atoms with E-state index >= 15 is 0 Å². The van der Waals surface area contributed by atoms with Crippen molar-refractivity contribution in [1.29, 1.82) is 0 Å². The first-order chi connectivity index (χ1) is 9.16. The second-order valence-electron chi connectivity index (χ2n) is 4.15. The van der Waals surface area contributed by atoms with Gasteiger partial charge in [0.15, 0.2) is 5.69 Å². The van der Waals surface area contributed by atoms with Crippen LogP contribution < -0.4 is 16.4 Å². The first-order valence-electron chi connectivity index (χ1n) is 6.03. The molecule has 1 saturated heterocycles. The van der Waals surface area contributed by atoms with E-state index in [2.05, 4.69) is 20.8 Å². The fourth-order valence-corrected chi connectivity index (χ4v) is 1.75. The molecular weight excluding hydrogens is 248 g/mol. The van der Waals surface area contributed by atoms with Crippen LogP contribution in [-0.4, -0.2) is 59.6 Å². The van der Waals surface area contributed by atoms with Gasteiger partial charge in [0.2, 0.25) is 5.91 Å². The Kier molecular flexibility index (Phi) is 4.24. The van der Waals surface area contributed by atoms with Crippen LogP contribution in [-0.2, 0) is 4.79 Å². The lowest BCUT2D eigenvalue weighted by molar-refractivity contribution is -0.129. The SMILES string of the molecule is NC(=O)c1ccc(NCC(=O)N2CCNCC2)nn1. The van der Waals surface area contributed by atoms with Crippen LogP contribution in [0.3, 0.4) is 0 Å². The average molecular weight is 264 g/mol. The topological polar surface area (TPSA) is 113 Å². The predicted octanol–water partition coefficient (Wildman–Crippen LogP) is -1.58. The molecule has 1 aromatic heterocycles. The molecule has 1 fully saturated rings. The van der Waals surface area contributed by atoms with E-state index in [1.165, 1.54) is 6.07 Å². The monoisotopic (exact) mass is 264 g/mol. The highest BCUT2D eigenvalue weighted by Gasteiger charge is 2.15. The second-order valence-corrected chi connectivity index (χ2v) is 4.15. The number of nitrogens with two attached hydrogens (primary N) is 1. The molecule has 2 heterocycles. The van der Waals surface area contributed by atoms with E-state index in [0.717, 1.165) is 13.1 Å². The molecule has 19 heavy (non-hydrogen) atoms. The van der Waals surface area contributed by atoms with Crippen molar-refractivity contribution in [1.82, 2.24) is 20.4 Å². The molecule has 8 heteroatoms. The van der Waals surface area contributed by atoms with Crippen molar-refractivity contribution in [2.75, 3.05) is 38.0 Å². The number of carbonyl (C=O) groups is 2. The van der Waals surface area contributed by atoms with E-state index in [1.54, 1.807) is 11.0 Å². The number of aromatic nitrogens is 2. The van der Waals surface area contributed by atoms with Crippen LogP contribution in [0.5, 0.6) is 0 Å². The van der Waals surface area contributed by atoms with Gasteiger partial charge in [-0.05, 0) is 12.1 Å². The minimum absolute atomic E-state index is 0.0160. The highest BCUT2D eigenvalue weighted by atomic mass is 16.2. The summed E-state index contributed by atoms with van der Waals surface area (Å²) in [5.74, 6) is -0.174. The third-order valence-corrected chi connectivity index (χ3v) is 2.81. The lowest BCUT2D eigenvalue weighted by Crippen LogP contribution is -2.48. The molecule has 2 rings (SSSR count). The first-order valence-corrected chi connectivity index (χ1v) is 6.03. The largest absolute Gasteiger partial charge is 0.364 e. The Balaban J connectivity index is 1.84. The van der Waals surface area contributed by atoms with Crippen LogP contribution in [0.15, 0.2) is 12.1 Å². The average Bonchev–Trinajstić information content (AvgIpc) is 2.46. The lowest BCUT2D eigenvalue weighted by atomic mass is 10.3. The number of piperazine rings is 1. The summed E-state index contributed by atoms with van der Waals surface area (Å²) in [5, 5.41) is 13.5. The Morgan fingerprint density at radius 3 is 2.63 bits per heavy atom. The smallest absolute Gasteiger partial charge is 0.269 e. The van der Waals surface area contributed by atoms with E-state index in [4.69, 9.17) is 5.73 Å². The highest BCUT2D eigenvalue weighted by Crippen LogP contribution is 2.02. The summed E-state index contributed by atoms with van der Waals surface area (Å²) < 4.78 is 0. The van der Waals surface area contributed by atoms with Crippen molar-refractivity contribution in [2.45, 2.75) is 0 Å². The summed E-state index contributed by atoms with van der Waals surface area (Å²) >= 11 is 0. The van der Waals surface area contributed by atoms with Crippen LogP contribution in [0.2, 0.25) is 0 Å². The summed E-state index contributed by atoms with van der Waals surface area (Å²) in [7, 11) is 0. The number of hydrogen-bond acceptors (Lipinski definition) is 6. The summed E-state index contributed by atoms with van der Waals surface area (Å²) in [6, 6.07) is 3.03. The Bertz CT molecular complexity index is 455. The Morgan fingerprint density at radius 1 is 1.32 bits per heavy atom. The van der Waals surface area contributed by atoms with Crippen LogP contribution in [0.25, 0.3) is 0 Å². The molecule has 1 aliphatic rings. The maximum Gasteiger partial charge on any atom is 0.269 e. The molecule has 0 radical (unpaired) electrons. The van der Waals surface area contributed by atoms with E-state index in [9.17, 15) is 9.59 Å². The number of anilines is 1. The van der Waals surface area contributed by atoms with Crippen molar-refractivity contribution in [3.8, 4) is 0 Å². The molecule has 0 unspecified atom stereocenters. The number of hydrogen-bond donors (Lipinski definition) is 3.